The maximum absolute atomic E-state index is 12.4. The van der Waals surface area contributed by atoms with Gasteiger partial charge in [-0.1, -0.05) is 6.07 Å². The molecule has 0 saturated carbocycles. The molecule has 0 aliphatic rings. The average Bonchev–Trinajstić information content (AvgIpc) is 2.40. The number of alkyl halides is 3. The van der Waals surface area contributed by atoms with Crippen molar-refractivity contribution < 1.29 is 23.0 Å². The number of hydrogen-bond acceptors (Lipinski definition) is 2. The minimum Gasteiger partial charge on any atom is -0.508 e. The summed E-state index contributed by atoms with van der Waals surface area (Å²) in [5.41, 5.74) is 0.851. The van der Waals surface area contributed by atoms with Crippen LogP contribution in [0.4, 0.5) is 13.2 Å². The molecule has 1 N–H and O–H groups in total. The van der Waals surface area contributed by atoms with Gasteiger partial charge < -0.3 is 9.84 Å². The third kappa shape index (κ3) is 3.44. The summed E-state index contributed by atoms with van der Waals surface area (Å²) in [5.74, 6) is 0.562. The minimum absolute atomic E-state index is 0.197. The number of rotatable bonds is 3. The number of phenols is 1. The van der Waals surface area contributed by atoms with Crippen LogP contribution in [0, 0.1) is 6.92 Å². The highest BCUT2D eigenvalue weighted by Crippen LogP contribution is 2.30. The van der Waals surface area contributed by atoms with E-state index in [1.54, 1.807) is 25.1 Å². The van der Waals surface area contributed by atoms with Gasteiger partial charge in [0.2, 0.25) is 0 Å². The maximum atomic E-state index is 12.4. The molecule has 0 unspecified atom stereocenters. The van der Waals surface area contributed by atoms with E-state index in [4.69, 9.17) is 4.74 Å². The number of hydrogen-bond donors (Lipinski definition) is 1. The lowest BCUT2D eigenvalue weighted by Crippen LogP contribution is -2.04. The van der Waals surface area contributed by atoms with Crippen LogP contribution in [0.15, 0.2) is 42.5 Å². The van der Waals surface area contributed by atoms with Crippen LogP contribution in [0.2, 0.25) is 0 Å². The van der Waals surface area contributed by atoms with E-state index < -0.39 is 11.7 Å². The molecule has 0 aliphatic heterocycles. The molecule has 0 aromatic heterocycles. The van der Waals surface area contributed by atoms with Crippen LogP contribution in [0.1, 0.15) is 16.7 Å². The molecule has 0 saturated heterocycles. The lowest BCUT2D eigenvalue weighted by atomic mass is 10.1. The van der Waals surface area contributed by atoms with Gasteiger partial charge in [0.05, 0.1) is 5.56 Å². The fraction of sp³-hybridized carbons (Fsp3) is 0.200. The Bertz CT molecular complexity index is 589. The van der Waals surface area contributed by atoms with Crippen molar-refractivity contribution in [3.63, 3.8) is 0 Å². The van der Waals surface area contributed by atoms with Crippen molar-refractivity contribution in [1.82, 2.24) is 0 Å². The normalized spacial score (nSPS) is 11.4. The number of phenolic OH excluding ortho intramolecular Hbond substituents is 1. The molecular formula is C15H13F3O2. The number of benzene rings is 2. The van der Waals surface area contributed by atoms with Gasteiger partial charge in [0.1, 0.15) is 18.1 Å². The van der Waals surface area contributed by atoms with Crippen LogP contribution in [-0.4, -0.2) is 5.11 Å². The molecule has 106 valence electrons. The second-order valence-electron chi connectivity index (χ2n) is 4.43. The summed E-state index contributed by atoms with van der Waals surface area (Å²) in [6.07, 6.45) is -4.34. The molecule has 20 heavy (non-hydrogen) atoms. The fourth-order valence-corrected chi connectivity index (χ4v) is 1.71. The van der Waals surface area contributed by atoms with Crippen LogP contribution < -0.4 is 4.74 Å². The van der Waals surface area contributed by atoms with Gasteiger partial charge in [-0.25, -0.2) is 0 Å². The summed E-state index contributed by atoms with van der Waals surface area (Å²) in [5, 5.41) is 9.39. The maximum Gasteiger partial charge on any atom is 0.416 e. The molecule has 0 fully saturated rings. The number of ether oxygens (including phenoxy) is 1. The zero-order valence-corrected chi connectivity index (χ0v) is 10.7. The Kier molecular flexibility index (Phi) is 3.88. The predicted molar refractivity (Wildman–Crippen MR) is 68.6 cm³/mol. The summed E-state index contributed by atoms with van der Waals surface area (Å²) in [7, 11) is 0. The number of aromatic hydroxyl groups is 1. The highest BCUT2D eigenvalue weighted by atomic mass is 19.4. The summed E-state index contributed by atoms with van der Waals surface area (Å²) >= 11 is 0. The van der Waals surface area contributed by atoms with Gasteiger partial charge in [-0.05, 0) is 54.4 Å². The molecule has 0 atom stereocenters. The van der Waals surface area contributed by atoms with Crippen LogP contribution >= 0.6 is 0 Å². The molecule has 0 bridgehead atoms. The van der Waals surface area contributed by atoms with Crippen molar-refractivity contribution in [2.45, 2.75) is 19.7 Å². The van der Waals surface area contributed by atoms with Gasteiger partial charge in [0, 0.05) is 0 Å². The summed E-state index contributed by atoms with van der Waals surface area (Å²) in [6, 6.07) is 9.56. The molecule has 5 heteroatoms. The lowest BCUT2D eigenvalue weighted by molar-refractivity contribution is -0.137. The van der Waals surface area contributed by atoms with Gasteiger partial charge in [-0.3, -0.25) is 0 Å². The fourth-order valence-electron chi connectivity index (χ4n) is 1.71. The summed E-state index contributed by atoms with van der Waals surface area (Å²) in [4.78, 5) is 0. The van der Waals surface area contributed by atoms with E-state index in [0.717, 1.165) is 23.3 Å². The van der Waals surface area contributed by atoms with Gasteiger partial charge in [-0.15, -0.1) is 0 Å². The zero-order valence-electron chi connectivity index (χ0n) is 10.7. The van der Waals surface area contributed by atoms with E-state index >= 15 is 0 Å². The van der Waals surface area contributed by atoms with Crippen molar-refractivity contribution in [3.05, 3.63) is 59.2 Å². The van der Waals surface area contributed by atoms with Gasteiger partial charge in [-0.2, -0.15) is 13.2 Å². The quantitative estimate of drug-likeness (QED) is 0.909. The smallest absolute Gasteiger partial charge is 0.416 e. The molecule has 0 amide bonds. The van der Waals surface area contributed by atoms with Crippen molar-refractivity contribution >= 4 is 0 Å². The molecule has 0 radical (unpaired) electrons. The largest absolute Gasteiger partial charge is 0.508 e. The van der Waals surface area contributed by atoms with Crippen molar-refractivity contribution in [3.8, 4) is 11.5 Å². The van der Waals surface area contributed by atoms with E-state index in [2.05, 4.69) is 0 Å². The van der Waals surface area contributed by atoms with Gasteiger partial charge in [0.15, 0.2) is 0 Å². The van der Waals surface area contributed by atoms with E-state index in [-0.39, 0.29) is 12.4 Å². The molecular weight excluding hydrogens is 269 g/mol. The Hall–Kier alpha value is -2.17. The third-order valence-electron chi connectivity index (χ3n) is 2.85. The first-order valence-electron chi connectivity index (χ1n) is 5.95. The second-order valence-corrected chi connectivity index (χ2v) is 4.43. The first kappa shape index (κ1) is 14.2. The highest BCUT2D eigenvalue weighted by Gasteiger charge is 2.29. The first-order chi connectivity index (χ1) is 9.36. The second kappa shape index (κ2) is 5.45. The zero-order chi connectivity index (χ0) is 14.8. The van der Waals surface area contributed by atoms with Crippen molar-refractivity contribution in [1.29, 1.82) is 0 Å². The van der Waals surface area contributed by atoms with E-state index in [1.807, 2.05) is 0 Å². The summed E-state index contributed by atoms with van der Waals surface area (Å²) in [6.45, 7) is 1.99. The van der Waals surface area contributed by atoms with E-state index in [0.29, 0.717) is 5.75 Å². The Balaban J connectivity index is 2.02. The first-order valence-corrected chi connectivity index (χ1v) is 5.95. The van der Waals surface area contributed by atoms with Crippen molar-refractivity contribution in [2.75, 3.05) is 0 Å². The summed E-state index contributed by atoms with van der Waals surface area (Å²) < 4.78 is 42.6. The Morgan fingerprint density at radius 2 is 1.70 bits per heavy atom. The lowest BCUT2D eigenvalue weighted by Gasteiger charge is -2.10. The average molecular weight is 282 g/mol. The van der Waals surface area contributed by atoms with Crippen LogP contribution in [0.3, 0.4) is 0 Å². The molecule has 0 heterocycles. The van der Waals surface area contributed by atoms with Gasteiger partial charge in [0.25, 0.3) is 0 Å². The number of aryl methyl sites for hydroxylation is 1. The van der Waals surface area contributed by atoms with Crippen LogP contribution in [0.5, 0.6) is 11.5 Å². The van der Waals surface area contributed by atoms with Gasteiger partial charge >= 0.3 is 6.18 Å². The topological polar surface area (TPSA) is 29.5 Å². The molecule has 2 aromatic carbocycles. The molecule has 0 spiro atoms. The Morgan fingerprint density at radius 1 is 1.05 bits per heavy atom. The standard InChI is InChI=1S/C15H13F3O2/c1-10-8-11(2-7-14(10)19)9-20-13-5-3-12(4-6-13)15(16,17)18/h2-8,19H,9H2,1H3. The predicted octanol–water partition coefficient (Wildman–Crippen LogP) is 4.30. The molecule has 2 rings (SSSR count). The molecule has 2 nitrogen and oxygen atoms in total. The number of halogens is 3. The van der Waals surface area contributed by atoms with Crippen molar-refractivity contribution in [2.24, 2.45) is 0 Å². The Morgan fingerprint density at radius 3 is 2.25 bits per heavy atom. The van der Waals surface area contributed by atoms with Crippen LogP contribution in [-0.2, 0) is 12.8 Å². The third-order valence-corrected chi connectivity index (χ3v) is 2.85. The minimum atomic E-state index is -4.34. The Labute approximate surface area is 114 Å². The molecule has 0 aliphatic carbocycles. The highest BCUT2D eigenvalue weighted by molar-refractivity contribution is 5.35. The SMILES string of the molecule is Cc1cc(COc2ccc(C(F)(F)F)cc2)ccc1O. The molecule has 2 aromatic rings. The van der Waals surface area contributed by atoms with Crippen LogP contribution in [0.25, 0.3) is 0 Å². The van der Waals surface area contributed by atoms with E-state index in [9.17, 15) is 18.3 Å². The monoisotopic (exact) mass is 282 g/mol. The van der Waals surface area contributed by atoms with E-state index in [1.165, 1.54) is 12.1 Å².